The Morgan fingerprint density at radius 1 is 1.35 bits per heavy atom. The highest BCUT2D eigenvalue weighted by Crippen LogP contribution is 2.45. The van der Waals surface area contributed by atoms with E-state index in [1.165, 1.54) is 37.0 Å². The van der Waals surface area contributed by atoms with Gasteiger partial charge in [-0.05, 0) is 43.7 Å². The van der Waals surface area contributed by atoms with Gasteiger partial charge in [-0.1, -0.05) is 13.8 Å². The third-order valence-corrected chi connectivity index (χ3v) is 4.82. The summed E-state index contributed by atoms with van der Waals surface area (Å²) in [6, 6.07) is 3.11. The van der Waals surface area contributed by atoms with Gasteiger partial charge in [-0.25, -0.2) is 4.98 Å². The molecule has 1 saturated carbocycles. The van der Waals surface area contributed by atoms with Crippen LogP contribution in [0, 0.1) is 5.41 Å². The number of nitrogens with one attached hydrogen (secondary N) is 1. The summed E-state index contributed by atoms with van der Waals surface area (Å²) >= 11 is 0. The maximum absolute atomic E-state index is 4.93. The summed E-state index contributed by atoms with van der Waals surface area (Å²) in [5.74, 6) is 1.22. The quantitative estimate of drug-likeness (QED) is 0.911. The summed E-state index contributed by atoms with van der Waals surface area (Å²) in [4.78, 5) is 9.16. The molecule has 2 aliphatic rings. The Balaban J connectivity index is 1.88. The highest BCUT2D eigenvalue weighted by Gasteiger charge is 2.39. The van der Waals surface area contributed by atoms with E-state index in [9.17, 15) is 0 Å². The number of hydrogen-bond acceptors (Lipinski definition) is 3. The van der Waals surface area contributed by atoms with Gasteiger partial charge in [0.1, 0.15) is 11.3 Å². The molecule has 4 heteroatoms. The molecule has 1 aliphatic heterocycles. The van der Waals surface area contributed by atoms with Gasteiger partial charge >= 0.3 is 0 Å². The topological polar surface area (TPSA) is 42.7 Å². The summed E-state index contributed by atoms with van der Waals surface area (Å²) in [5.41, 5.74) is 2.55. The van der Waals surface area contributed by atoms with Crippen LogP contribution in [0.4, 0.5) is 0 Å². The summed E-state index contributed by atoms with van der Waals surface area (Å²) < 4.78 is 2.47. The molecule has 1 atom stereocenters. The molecule has 0 aromatic carbocycles. The van der Waals surface area contributed by atoms with E-state index in [1.54, 1.807) is 0 Å². The number of aromatic nitrogens is 3. The fourth-order valence-electron chi connectivity index (χ4n) is 3.54. The predicted molar refractivity (Wildman–Crippen MR) is 79.6 cm³/mol. The minimum Gasteiger partial charge on any atom is -0.323 e. The highest BCUT2D eigenvalue weighted by atomic mass is 15.2. The first-order valence-electron chi connectivity index (χ1n) is 7.72. The number of imidazole rings is 1. The molecule has 0 radical (unpaired) electrons. The minimum atomic E-state index is 0.264. The second kappa shape index (κ2) is 4.29. The molecule has 4 rings (SSSR count). The van der Waals surface area contributed by atoms with Gasteiger partial charge in [-0.15, -0.1) is 0 Å². The zero-order valence-electron chi connectivity index (χ0n) is 12.3. The molecule has 106 valence electrons. The van der Waals surface area contributed by atoms with Gasteiger partial charge in [-0.3, -0.25) is 4.98 Å². The normalized spacial score (nSPS) is 26.0. The second-order valence-corrected chi connectivity index (χ2v) is 6.91. The van der Waals surface area contributed by atoms with Crippen LogP contribution in [0.15, 0.2) is 18.5 Å². The summed E-state index contributed by atoms with van der Waals surface area (Å²) in [7, 11) is 0. The maximum atomic E-state index is 4.93. The standard InChI is InChI=1S/C16H22N4/c1-16(2)7-3-8-18-14(16)15-19-12-10-17-9-6-13(12)20(15)11-4-5-11/h6,9-11,14,18H,3-5,7-8H2,1-2H3. The van der Waals surface area contributed by atoms with Crippen molar-refractivity contribution in [2.45, 2.75) is 51.6 Å². The lowest BCUT2D eigenvalue weighted by atomic mass is 9.77. The second-order valence-electron chi connectivity index (χ2n) is 6.91. The molecule has 2 aromatic heterocycles. The van der Waals surface area contributed by atoms with Gasteiger partial charge in [0.2, 0.25) is 0 Å². The third-order valence-electron chi connectivity index (χ3n) is 4.82. The molecule has 1 N–H and O–H groups in total. The molecule has 1 aliphatic carbocycles. The van der Waals surface area contributed by atoms with Crippen LogP contribution in [0.2, 0.25) is 0 Å². The molecular weight excluding hydrogens is 248 g/mol. The summed E-state index contributed by atoms with van der Waals surface area (Å²) in [6.45, 7) is 5.82. The van der Waals surface area contributed by atoms with Crippen molar-refractivity contribution in [2.75, 3.05) is 6.54 Å². The first-order chi connectivity index (χ1) is 9.67. The lowest BCUT2D eigenvalue weighted by Crippen LogP contribution is -2.41. The molecule has 0 bridgehead atoms. The molecule has 0 spiro atoms. The highest BCUT2D eigenvalue weighted by molar-refractivity contribution is 5.75. The first kappa shape index (κ1) is 12.3. The lowest BCUT2D eigenvalue weighted by molar-refractivity contribution is 0.171. The smallest absolute Gasteiger partial charge is 0.127 e. The molecule has 3 heterocycles. The third kappa shape index (κ3) is 1.85. The van der Waals surface area contributed by atoms with E-state index in [2.05, 4.69) is 34.8 Å². The number of fused-ring (bicyclic) bond motifs is 1. The average Bonchev–Trinajstić information content (AvgIpc) is 3.19. The summed E-state index contributed by atoms with van der Waals surface area (Å²) in [5, 5.41) is 3.71. The Kier molecular flexibility index (Phi) is 2.64. The van der Waals surface area contributed by atoms with Gasteiger partial charge in [0, 0.05) is 12.2 Å². The van der Waals surface area contributed by atoms with Crippen molar-refractivity contribution < 1.29 is 0 Å². The average molecular weight is 270 g/mol. The first-order valence-corrected chi connectivity index (χ1v) is 7.72. The lowest BCUT2D eigenvalue weighted by Gasteiger charge is -2.39. The molecular formula is C16H22N4. The van der Waals surface area contributed by atoms with Crippen molar-refractivity contribution in [3.63, 3.8) is 0 Å². The van der Waals surface area contributed by atoms with Gasteiger partial charge in [0.05, 0.1) is 17.8 Å². The zero-order chi connectivity index (χ0) is 13.7. The van der Waals surface area contributed by atoms with Crippen LogP contribution in [-0.4, -0.2) is 21.1 Å². The number of nitrogens with zero attached hydrogens (tertiary/aromatic N) is 3. The van der Waals surface area contributed by atoms with Crippen molar-refractivity contribution in [2.24, 2.45) is 5.41 Å². The number of pyridine rings is 1. The van der Waals surface area contributed by atoms with Crippen LogP contribution in [0.3, 0.4) is 0 Å². The van der Waals surface area contributed by atoms with Crippen molar-refractivity contribution in [1.29, 1.82) is 0 Å². The van der Waals surface area contributed by atoms with Gasteiger partial charge < -0.3 is 9.88 Å². The van der Waals surface area contributed by atoms with Crippen LogP contribution < -0.4 is 5.32 Å². The van der Waals surface area contributed by atoms with E-state index in [-0.39, 0.29) is 5.41 Å². The van der Waals surface area contributed by atoms with Crippen LogP contribution >= 0.6 is 0 Å². The fraction of sp³-hybridized carbons (Fsp3) is 0.625. The monoisotopic (exact) mass is 270 g/mol. The molecule has 0 amide bonds. The van der Waals surface area contributed by atoms with E-state index in [1.807, 2.05) is 12.4 Å². The molecule has 2 aromatic rings. The SMILES string of the molecule is CC1(C)CCCNC1c1nc2cnccc2n1C1CC1. The maximum Gasteiger partial charge on any atom is 0.127 e. The minimum absolute atomic E-state index is 0.264. The number of hydrogen-bond donors (Lipinski definition) is 1. The summed E-state index contributed by atoms with van der Waals surface area (Å²) in [6.07, 6.45) is 8.87. The largest absolute Gasteiger partial charge is 0.323 e. The Hall–Kier alpha value is -1.42. The van der Waals surface area contributed by atoms with Gasteiger partial charge in [0.25, 0.3) is 0 Å². The van der Waals surface area contributed by atoms with Crippen molar-refractivity contribution in [1.82, 2.24) is 19.9 Å². The van der Waals surface area contributed by atoms with E-state index >= 15 is 0 Å². The Morgan fingerprint density at radius 2 is 2.20 bits per heavy atom. The van der Waals surface area contributed by atoms with E-state index in [0.29, 0.717) is 12.1 Å². The molecule has 4 nitrogen and oxygen atoms in total. The van der Waals surface area contributed by atoms with Gasteiger partial charge in [-0.2, -0.15) is 0 Å². The molecule has 20 heavy (non-hydrogen) atoms. The van der Waals surface area contributed by atoms with Crippen molar-refractivity contribution in [3.05, 3.63) is 24.3 Å². The molecule has 2 fully saturated rings. The van der Waals surface area contributed by atoms with E-state index in [4.69, 9.17) is 4.98 Å². The van der Waals surface area contributed by atoms with Crippen LogP contribution in [0.25, 0.3) is 11.0 Å². The Labute approximate surface area is 119 Å². The fourth-order valence-corrected chi connectivity index (χ4v) is 3.54. The number of piperidine rings is 1. The molecule has 1 unspecified atom stereocenters. The van der Waals surface area contributed by atoms with Crippen LogP contribution in [-0.2, 0) is 0 Å². The van der Waals surface area contributed by atoms with Crippen molar-refractivity contribution >= 4 is 11.0 Å². The predicted octanol–water partition coefficient (Wildman–Crippen LogP) is 3.22. The Bertz CT molecular complexity index is 639. The van der Waals surface area contributed by atoms with Gasteiger partial charge in [0.15, 0.2) is 0 Å². The van der Waals surface area contributed by atoms with E-state index < -0.39 is 0 Å². The van der Waals surface area contributed by atoms with Crippen LogP contribution in [0.5, 0.6) is 0 Å². The Morgan fingerprint density at radius 3 is 2.95 bits per heavy atom. The van der Waals surface area contributed by atoms with E-state index in [0.717, 1.165) is 12.1 Å². The number of rotatable bonds is 2. The zero-order valence-corrected chi connectivity index (χ0v) is 12.3. The molecule has 1 saturated heterocycles. The van der Waals surface area contributed by atoms with Crippen molar-refractivity contribution in [3.8, 4) is 0 Å². The van der Waals surface area contributed by atoms with Crippen LogP contribution in [0.1, 0.15) is 57.4 Å².